The zero-order chi connectivity index (χ0) is 13.3. The van der Waals surface area contributed by atoms with Gasteiger partial charge >= 0.3 is 0 Å². The molecule has 1 aromatic heterocycles. The Hall–Kier alpha value is -1.42. The molecule has 0 unspecified atom stereocenters. The number of aromatic nitrogens is 1. The minimum atomic E-state index is -0.217. The van der Waals surface area contributed by atoms with Crippen molar-refractivity contribution in [2.75, 3.05) is 6.54 Å². The number of hydrogen-bond acceptors (Lipinski definition) is 3. The molecule has 0 radical (unpaired) electrons. The fourth-order valence-electron chi connectivity index (χ4n) is 2.09. The van der Waals surface area contributed by atoms with E-state index in [0.717, 1.165) is 25.3 Å². The highest BCUT2D eigenvalue weighted by Crippen LogP contribution is 2.21. The molecule has 1 aromatic rings. The molecule has 1 aliphatic rings. The molecule has 1 amide bonds. The normalized spacial score (nSPS) is 15.6. The second kappa shape index (κ2) is 4.69. The Morgan fingerprint density at radius 2 is 2.17 bits per heavy atom. The van der Waals surface area contributed by atoms with Crippen LogP contribution in [0.25, 0.3) is 0 Å². The topological polar surface area (TPSA) is 45.2 Å². The number of nitrogens with zero attached hydrogens (tertiary/aromatic N) is 2. The fraction of sp³-hybridized carbons (Fsp3) is 0.571. The van der Waals surface area contributed by atoms with E-state index in [1.54, 1.807) is 6.20 Å². The molecule has 2 heterocycles. The summed E-state index contributed by atoms with van der Waals surface area (Å²) in [6.45, 7) is 10.9. The van der Waals surface area contributed by atoms with Crippen LogP contribution in [0.2, 0.25) is 0 Å². The van der Waals surface area contributed by atoms with Gasteiger partial charge in [0, 0.05) is 24.8 Å². The number of nitrogens with one attached hydrogen (secondary N) is 1. The van der Waals surface area contributed by atoms with Crippen molar-refractivity contribution in [1.29, 1.82) is 0 Å². The van der Waals surface area contributed by atoms with Crippen LogP contribution in [-0.4, -0.2) is 27.9 Å². The van der Waals surface area contributed by atoms with Crippen LogP contribution < -0.4 is 5.32 Å². The molecule has 4 nitrogen and oxygen atoms in total. The SMILES string of the molecule is CCN1Cc2cc(C(=O)NC(C)(C)C)cnc2C1. The molecule has 0 fully saturated rings. The maximum Gasteiger partial charge on any atom is 0.253 e. The second-order valence-electron chi connectivity index (χ2n) is 5.84. The monoisotopic (exact) mass is 247 g/mol. The lowest BCUT2D eigenvalue weighted by atomic mass is 10.1. The van der Waals surface area contributed by atoms with Gasteiger partial charge in [0.15, 0.2) is 0 Å². The number of carbonyl (C=O) groups is 1. The van der Waals surface area contributed by atoms with Crippen LogP contribution in [0, 0.1) is 0 Å². The third kappa shape index (κ3) is 2.88. The first-order chi connectivity index (χ1) is 8.39. The van der Waals surface area contributed by atoms with E-state index in [2.05, 4.69) is 22.1 Å². The molecule has 1 N–H and O–H groups in total. The van der Waals surface area contributed by atoms with Crippen LogP contribution >= 0.6 is 0 Å². The molecule has 0 aromatic carbocycles. The van der Waals surface area contributed by atoms with Crippen molar-refractivity contribution >= 4 is 5.91 Å². The fourth-order valence-corrected chi connectivity index (χ4v) is 2.09. The Balaban J connectivity index is 2.16. The summed E-state index contributed by atoms with van der Waals surface area (Å²) in [5, 5.41) is 2.96. The maximum absolute atomic E-state index is 12.0. The summed E-state index contributed by atoms with van der Waals surface area (Å²) in [6, 6.07) is 1.97. The van der Waals surface area contributed by atoms with Crippen molar-refractivity contribution < 1.29 is 4.79 Å². The molecule has 0 saturated carbocycles. The van der Waals surface area contributed by atoms with Crippen LogP contribution in [0.4, 0.5) is 0 Å². The van der Waals surface area contributed by atoms with E-state index in [1.807, 2.05) is 26.8 Å². The van der Waals surface area contributed by atoms with Gasteiger partial charge in [-0.05, 0) is 38.9 Å². The van der Waals surface area contributed by atoms with Crippen LogP contribution in [0.1, 0.15) is 49.3 Å². The second-order valence-corrected chi connectivity index (χ2v) is 5.84. The molecule has 0 aliphatic carbocycles. The van der Waals surface area contributed by atoms with Gasteiger partial charge in [-0.2, -0.15) is 0 Å². The van der Waals surface area contributed by atoms with E-state index in [9.17, 15) is 4.79 Å². The number of hydrogen-bond donors (Lipinski definition) is 1. The Bertz CT molecular complexity index is 463. The molecule has 18 heavy (non-hydrogen) atoms. The van der Waals surface area contributed by atoms with E-state index in [4.69, 9.17) is 0 Å². The van der Waals surface area contributed by atoms with E-state index in [-0.39, 0.29) is 11.4 Å². The summed E-state index contributed by atoms with van der Waals surface area (Å²) in [6.07, 6.45) is 1.68. The average molecular weight is 247 g/mol. The van der Waals surface area contributed by atoms with Gasteiger partial charge in [-0.1, -0.05) is 6.92 Å². The summed E-state index contributed by atoms with van der Waals surface area (Å²) in [5.74, 6) is -0.0484. The Morgan fingerprint density at radius 1 is 1.44 bits per heavy atom. The van der Waals surface area contributed by atoms with Gasteiger partial charge in [-0.15, -0.1) is 0 Å². The first-order valence-electron chi connectivity index (χ1n) is 6.41. The van der Waals surface area contributed by atoms with E-state index >= 15 is 0 Å². The molecule has 0 bridgehead atoms. The van der Waals surface area contributed by atoms with Gasteiger partial charge in [0.1, 0.15) is 0 Å². The lowest BCUT2D eigenvalue weighted by Crippen LogP contribution is -2.40. The van der Waals surface area contributed by atoms with E-state index in [0.29, 0.717) is 5.56 Å². The Labute approximate surface area is 108 Å². The molecule has 1 aliphatic heterocycles. The smallest absolute Gasteiger partial charge is 0.253 e. The highest BCUT2D eigenvalue weighted by molar-refractivity contribution is 5.94. The third-order valence-electron chi connectivity index (χ3n) is 3.03. The standard InChI is InChI=1S/C14H21N3O/c1-5-17-8-11-6-10(7-15-12(11)9-17)13(18)16-14(2,3)4/h6-7H,5,8-9H2,1-4H3,(H,16,18). The van der Waals surface area contributed by atoms with E-state index in [1.165, 1.54) is 5.56 Å². The largest absolute Gasteiger partial charge is 0.347 e. The Morgan fingerprint density at radius 3 is 2.78 bits per heavy atom. The van der Waals surface area contributed by atoms with Crippen LogP contribution in [-0.2, 0) is 13.1 Å². The van der Waals surface area contributed by atoms with Crippen molar-refractivity contribution in [2.24, 2.45) is 0 Å². The molecule has 98 valence electrons. The number of amides is 1. The average Bonchev–Trinajstić information content (AvgIpc) is 2.68. The molecule has 2 rings (SSSR count). The van der Waals surface area contributed by atoms with Crippen molar-refractivity contribution in [3.8, 4) is 0 Å². The zero-order valence-electron chi connectivity index (χ0n) is 11.6. The zero-order valence-corrected chi connectivity index (χ0v) is 11.6. The van der Waals surface area contributed by atoms with Crippen LogP contribution in [0.5, 0.6) is 0 Å². The Kier molecular flexibility index (Phi) is 3.39. The predicted molar refractivity (Wildman–Crippen MR) is 71.2 cm³/mol. The van der Waals surface area contributed by atoms with Crippen molar-refractivity contribution in [1.82, 2.24) is 15.2 Å². The van der Waals surface area contributed by atoms with Gasteiger partial charge < -0.3 is 5.32 Å². The van der Waals surface area contributed by atoms with Gasteiger partial charge in [-0.25, -0.2) is 0 Å². The van der Waals surface area contributed by atoms with Crippen LogP contribution in [0.15, 0.2) is 12.3 Å². The van der Waals surface area contributed by atoms with E-state index < -0.39 is 0 Å². The highest BCUT2D eigenvalue weighted by Gasteiger charge is 2.21. The van der Waals surface area contributed by atoms with Crippen molar-refractivity contribution in [2.45, 2.75) is 46.3 Å². The third-order valence-corrected chi connectivity index (χ3v) is 3.03. The molecule has 4 heteroatoms. The number of rotatable bonds is 2. The molecule has 0 spiro atoms. The molecule has 0 saturated heterocycles. The first-order valence-corrected chi connectivity index (χ1v) is 6.41. The van der Waals surface area contributed by atoms with Crippen LogP contribution in [0.3, 0.4) is 0 Å². The first kappa shape index (κ1) is 13.0. The summed E-state index contributed by atoms with van der Waals surface area (Å²) in [7, 11) is 0. The minimum Gasteiger partial charge on any atom is -0.347 e. The van der Waals surface area contributed by atoms with Gasteiger partial charge in [0.2, 0.25) is 0 Å². The van der Waals surface area contributed by atoms with Crippen molar-refractivity contribution in [3.05, 3.63) is 29.1 Å². The summed E-state index contributed by atoms with van der Waals surface area (Å²) in [5.41, 5.74) is 2.72. The summed E-state index contributed by atoms with van der Waals surface area (Å²) < 4.78 is 0. The van der Waals surface area contributed by atoms with Gasteiger partial charge in [-0.3, -0.25) is 14.7 Å². The molecular formula is C14H21N3O. The predicted octanol–water partition coefficient (Wildman–Crippen LogP) is 1.95. The lowest BCUT2D eigenvalue weighted by Gasteiger charge is -2.20. The number of carbonyl (C=O) groups excluding carboxylic acids is 1. The van der Waals surface area contributed by atoms with Gasteiger partial charge in [0.25, 0.3) is 5.91 Å². The lowest BCUT2D eigenvalue weighted by molar-refractivity contribution is 0.0919. The number of fused-ring (bicyclic) bond motifs is 1. The number of pyridine rings is 1. The van der Waals surface area contributed by atoms with Crippen molar-refractivity contribution in [3.63, 3.8) is 0 Å². The van der Waals surface area contributed by atoms with Gasteiger partial charge in [0.05, 0.1) is 11.3 Å². The minimum absolute atomic E-state index is 0.0484. The highest BCUT2D eigenvalue weighted by atomic mass is 16.1. The maximum atomic E-state index is 12.0. The quantitative estimate of drug-likeness (QED) is 0.868. The molecular weight excluding hydrogens is 226 g/mol. The summed E-state index contributed by atoms with van der Waals surface area (Å²) in [4.78, 5) is 18.8. The molecule has 0 atom stereocenters. The summed E-state index contributed by atoms with van der Waals surface area (Å²) >= 11 is 0.